The van der Waals surface area contributed by atoms with Crippen LogP contribution in [0.15, 0.2) is 12.2 Å². The van der Waals surface area contributed by atoms with Crippen LogP contribution in [0.5, 0.6) is 0 Å². The Morgan fingerprint density at radius 1 is 0.765 bits per heavy atom. The summed E-state index contributed by atoms with van der Waals surface area (Å²) in [5.41, 5.74) is 0. The van der Waals surface area contributed by atoms with Gasteiger partial charge in [0.05, 0.1) is 0 Å². The van der Waals surface area contributed by atoms with Crippen molar-refractivity contribution >= 4 is 0 Å². The predicted molar refractivity (Wildman–Crippen MR) is 76.0 cm³/mol. The first kappa shape index (κ1) is 13.2. The fourth-order valence-electron chi connectivity index (χ4n) is 4.05. The number of hydrogen-bond donors (Lipinski definition) is 0. The van der Waals surface area contributed by atoms with Gasteiger partial charge in [0, 0.05) is 0 Å². The highest BCUT2D eigenvalue weighted by Gasteiger charge is 2.27. The molecule has 0 amide bonds. The van der Waals surface area contributed by atoms with Crippen LogP contribution in [0.25, 0.3) is 0 Å². The first-order valence-electron chi connectivity index (χ1n) is 7.92. The minimum absolute atomic E-state index is 0.896. The van der Waals surface area contributed by atoms with Crippen molar-refractivity contribution in [3.8, 4) is 0 Å². The summed E-state index contributed by atoms with van der Waals surface area (Å²) in [7, 11) is 0. The molecule has 2 atom stereocenters. The van der Waals surface area contributed by atoms with Crippen LogP contribution in [0.1, 0.15) is 71.6 Å². The van der Waals surface area contributed by atoms with Gasteiger partial charge in [-0.3, -0.25) is 0 Å². The van der Waals surface area contributed by atoms with Gasteiger partial charge in [-0.1, -0.05) is 44.8 Å². The second-order valence-electron chi connectivity index (χ2n) is 6.57. The van der Waals surface area contributed by atoms with E-state index in [1.807, 2.05) is 0 Å². The van der Waals surface area contributed by atoms with Crippen LogP contribution in [0.4, 0.5) is 0 Å². The van der Waals surface area contributed by atoms with Crippen LogP contribution >= 0.6 is 0 Å². The quantitative estimate of drug-likeness (QED) is 0.432. The average molecular weight is 234 g/mol. The van der Waals surface area contributed by atoms with E-state index >= 15 is 0 Å². The highest BCUT2D eigenvalue weighted by Crippen LogP contribution is 2.40. The molecule has 2 saturated carbocycles. The zero-order valence-corrected chi connectivity index (χ0v) is 11.8. The first-order valence-corrected chi connectivity index (χ1v) is 7.92. The molecule has 0 aromatic rings. The second-order valence-corrected chi connectivity index (χ2v) is 6.57. The highest BCUT2D eigenvalue weighted by atomic mass is 14.3. The molecule has 2 fully saturated rings. The van der Waals surface area contributed by atoms with Gasteiger partial charge in [-0.05, 0) is 62.7 Å². The zero-order valence-electron chi connectivity index (χ0n) is 11.8. The van der Waals surface area contributed by atoms with Gasteiger partial charge in [-0.25, -0.2) is 0 Å². The molecule has 0 N–H and O–H groups in total. The molecule has 2 aliphatic rings. The summed E-state index contributed by atoms with van der Waals surface area (Å²) in [6, 6.07) is 0. The second kappa shape index (κ2) is 6.61. The monoisotopic (exact) mass is 234 g/mol. The Kier molecular flexibility index (Phi) is 5.13. The number of rotatable bonds is 2. The summed E-state index contributed by atoms with van der Waals surface area (Å²) in [6.07, 6.45) is 18.2. The van der Waals surface area contributed by atoms with E-state index in [9.17, 15) is 0 Å². The standard InChI is InChI=1S/C17H30/c1-3-5-15-6-4-7-16(13-10-15)17-11-8-14(2)9-12-17/h3,5,14-17H,4,6-13H2,1-2H3/b5-3+. The van der Waals surface area contributed by atoms with Crippen molar-refractivity contribution in [3.05, 3.63) is 12.2 Å². The number of hydrogen-bond acceptors (Lipinski definition) is 0. The molecule has 2 unspecified atom stereocenters. The third kappa shape index (κ3) is 3.86. The van der Waals surface area contributed by atoms with Gasteiger partial charge in [0.25, 0.3) is 0 Å². The Balaban J connectivity index is 1.82. The molecule has 0 bridgehead atoms. The lowest BCUT2D eigenvalue weighted by molar-refractivity contribution is 0.195. The molecule has 0 aromatic carbocycles. The lowest BCUT2D eigenvalue weighted by Gasteiger charge is -2.32. The van der Waals surface area contributed by atoms with Crippen molar-refractivity contribution in [1.82, 2.24) is 0 Å². The molecule has 98 valence electrons. The molecule has 0 nitrogen and oxygen atoms in total. The van der Waals surface area contributed by atoms with Gasteiger partial charge in [0.1, 0.15) is 0 Å². The SMILES string of the molecule is C/C=C/C1CCCC(C2CCC(C)CC2)CC1. The van der Waals surface area contributed by atoms with Gasteiger partial charge in [-0.15, -0.1) is 0 Å². The van der Waals surface area contributed by atoms with Crippen LogP contribution in [-0.4, -0.2) is 0 Å². The van der Waals surface area contributed by atoms with E-state index in [1.54, 1.807) is 0 Å². The average Bonchev–Trinajstić information content (AvgIpc) is 2.56. The maximum atomic E-state index is 2.45. The van der Waals surface area contributed by atoms with E-state index in [0.29, 0.717) is 0 Å². The number of allylic oxidation sites excluding steroid dienone is 2. The van der Waals surface area contributed by atoms with Crippen LogP contribution < -0.4 is 0 Å². The maximum absolute atomic E-state index is 2.45. The molecule has 0 saturated heterocycles. The lowest BCUT2D eigenvalue weighted by atomic mass is 9.74. The Bertz CT molecular complexity index is 232. The van der Waals surface area contributed by atoms with Gasteiger partial charge in [-0.2, -0.15) is 0 Å². The third-order valence-electron chi connectivity index (χ3n) is 5.25. The third-order valence-corrected chi connectivity index (χ3v) is 5.25. The molecule has 0 spiro atoms. The summed E-state index contributed by atoms with van der Waals surface area (Å²) in [4.78, 5) is 0. The van der Waals surface area contributed by atoms with Crippen molar-refractivity contribution in [3.63, 3.8) is 0 Å². The molecule has 0 radical (unpaired) electrons. The molecule has 0 aliphatic heterocycles. The van der Waals surface area contributed by atoms with Crippen LogP contribution in [0.2, 0.25) is 0 Å². The zero-order chi connectivity index (χ0) is 12.1. The lowest BCUT2D eigenvalue weighted by Crippen LogP contribution is -2.20. The van der Waals surface area contributed by atoms with Crippen molar-refractivity contribution in [2.24, 2.45) is 23.7 Å². The van der Waals surface area contributed by atoms with Gasteiger partial charge < -0.3 is 0 Å². The Hall–Kier alpha value is -0.260. The van der Waals surface area contributed by atoms with Crippen molar-refractivity contribution < 1.29 is 0 Å². The molecule has 0 aromatic heterocycles. The summed E-state index contributed by atoms with van der Waals surface area (Å²) in [5, 5.41) is 0. The smallest absolute Gasteiger partial charge is 0.0234 e. The van der Waals surface area contributed by atoms with Gasteiger partial charge in [0.2, 0.25) is 0 Å². The largest absolute Gasteiger partial charge is 0.0914 e. The van der Waals surface area contributed by atoms with E-state index < -0.39 is 0 Å². The minimum Gasteiger partial charge on any atom is -0.0914 e. The maximum Gasteiger partial charge on any atom is -0.0234 e. The van der Waals surface area contributed by atoms with E-state index in [-0.39, 0.29) is 0 Å². The van der Waals surface area contributed by atoms with Crippen molar-refractivity contribution in [2.45, 2.75) is 71.6 Å². The molecular formula is C17H30. The molecule has 0 heteroatoms. The summed E-state index contributed by atoms with van der Waals surface area (Å²) >= 11 is 0. The summed E-state index contributed by atoms with van der Waals surface area (Å²) in [5.74, 6) is 4.05. The minimum atomic E-state index is 0.896. The highest BCUT2D eigenvalue weighted by molar-refractivity contribution is 4.89. The van der Waals surface area contributed by atoms with Crippen LogP contribution in [0, 0.1) is 23.7 Å². The molecule has 2 aliphatic carbocycles. The Morgan fingerprint density at radius 2 is 1.41 bits per heavy atom. The van der Waals surface area contributed by atoms with E-state index in [2.05, 4.69) is 26.0 Å². The fourth-order valence-corrected chi connectivity index (χ4v) is 4.05. The van der Waals surface area contributed by atoms with E-state index in [4.69, 9.17) is 0 Å². The molecule has 17 heavy (non-hydrogen) atoms. The first-order chi connectivity index (χ1) is 8.29. The Morgan fingerprint density at radius 3 is 2.12 bits per heavy atom. The van der Waals surface area contributed by atoms with Crippen LogP contribution in [-0.2, 0) is 0 Å². The van der Waals surface area contributed by atoms with Crippen molar-refractivity contribution in [1.29, 1.82) is 0 Å². The predicted octanol–water partition coefficient (Wildman–Crippen LogP) is 5.59. The molecular weight excluding hydrogens is 204 g/mol. The van der Waals surface area contributed by atoms with E-state index in [0.717, 1.165) is 23.7 Å². The van der Waals surface area contributed by atoms with E-state index in [1.165, 1.54) is 57.8 Å². The Labute approximate surface area is 108 Å². The fraction of sp³-hybridized carbons (Fsp3) is 0.882. The van der Waals surface area contributed by atoms with Crippen molar-refractivity contribution in [2.75, 3.05) is 0 Å². The molecule has 0 heterocycles. The summed E-state index contributed by atoms with van der Waals surface area (Å²) < 4.78 is 0. The molecule has 2 rings (SSSR count). The van der Waals surface area contributed by atoms with Gasteiger partial charge in [0.15, 0.2) is 0 Å². The van der Waals surface area contributed by atoms with Gasteiger partial charge >= 0.3 is 0 Å². The van der Waals surface area contributed by atoms with Crippen LogP contribution in [0.3, 0.4) is 0 Å². The normalized spacial score (nSPS) is 40.4. The topological polar surface area (TPSA) is 0 Å². The summed E-state index contributed by atoms with van der Waals surface area (Å²) in [6.45, 7) is 4.61.